The monoisotopic (exact) mass is 402 g/mol. The number of hydrogen-bond donors (Lipinski definition) is 1. The summed E-state index contributed by atoms with van der Waals surface area (Å²) in [4.78, 5) is 21.3. The van der Waals surface area contributed by atoms with Crippen molar-refractivity contribution >= 4 is 27.4 Å². The predicted octanol–water partition coefficient (Wildman–Crippen LogP) is 3.31. The Balaban J connectivity index is 1.72. The van der Waals surface area contributed by atoms with Gasteiger partial charge in [-0.05, 0) is 49.6 Å². The zero-order chi connectivity index (χ0) is 20.3. The first-order chi connectivity index (χ1) is 13.3. The Labute approximate surface area is 166 Å². The van der Waals surface area contributed by atoms with Crippen molar-refractivity contribution < 1.29 is 13.2 Å². The van der Waals surface area contributed by atoms with Gasteiger partial charge in [0.25, 0.3) is 0 Å². The second kappa shape index (κ2) is 8.18. The summed E-state index contributed by atoms with van der Waals surface area (Å²) >= 11 is 0. The van der Waals surface area contributed by atoms with E-state index in [1.165, 1.54) is 6.26 Å². The topological polar surface area (TPSA) is 82.6 Å². The zero-order valence-electron chi connectivity index (χ0n) is 16.4. The largest absolute Gasteiger partial charge is 0.355 e. The Morgan fingerprint density at radius 3 is 2.43 bits per heavy atom. The lowest BCUT2D eigenvalue weighted by atomic mass is 10.1. The Bertz CT molecular complexity index is 938. The van der Waals surface area contributed by atoms with Crippen molar-refractivity contribution in [2.24, 2.45) is 0 Å². The van der Waals surface area contributed by atoms with E-state index < -0.39 is 9.84 Å². The van der Waals surface area contributed by atoms with Crippen molar-refractivity contribution in [2.75, 3.05) is 36.6 Å². The fourth-order valence-corrected chi connectivity index (χ4v) is 3.90. The quantitative estimate of drug-likeness (QED) is 0.830. The number of urea groups is 1. The van der Waals surface area contributed by atoms with Crippen LogP contribution < -0.4 is 10.2 Å². The Hall–Kier alpha value is -2.61. The predicted molar refractivity (Wildman–Crippen MR) is 110 cm³/mol. The molecule has 2 heterocycles. The number of rotatable bonds is 5. The van der Waals surface area contributed by atoms with Crippen LogP contribution in [0.25, 0.3) is 0 Å². The maximum Gasteiger partial charge on any atom is 0.322 e. The minimum Gasteiger partial charge on any atom is -0.355 e. The third-order valence-electron chi connectivity index (χ3n) is 5.13. The molecule has 1 unspecified atom stereocenters. The molecule has 0 radical (unpaired) electrons. The van der Waals surface area contributed by atoms with E-state index in [0.717, 1.165) is 37.3 Å². The van der Waals surface area contributed by atoms with E-state index in [-0.39, 0.29) is 17.0 Å². The van der Waals surface area contributed by atoms with Gasteiger partial charge in [-0.2, -0.15) is 0 Å². The van der Waals surface area contributed by atoms with E-state index in [1.807, 2.05) is 19.1 Å². The lowest BCUT2D eigenvalue weighted by Gasteiger charge is -2.27. The molecule has 1 aromatic carbocycles. The summed E-state index contributed by atoms with van der Waals surface area (Å²) in [6.45, 7) is 3.79. The maximum absolute atomic E-state index is 12.8. The fraction of sp³-hybridized carbons (Fsp3) is 0.400. The molecule has 150 valence electrons. The SMILES string of the molecule is CC(c1ccc(S(C)(=O)=O)cc1)N(C)C(=O)Nc1cccnc1N1CCCC1. The van der Waals surface area contributed by atoms with Gasteiger partial charge in [0.15, 0.2) is 15.7 Å². The number of carbonyl (C=O) groups is 1. The number of carbonyl (C=O) groups excluding carboxylic acids is 1. The molecule has 28 heavy (non-hydrogen) atoms. The van der Waals surface area contributed by atoms with Crippen molar-refractivity contribution in [3.8, 4) is 0 Å². The molecular weight excluding hydrogens is 376 g/mol. The Morgan fingerprint density at radius 2 is 1.82 bits per heavy atom. The van der Waals surface area contributed by atoms with Crippen molar-refractivity contribution in [1.82, 2.24) is 9.88 Å². The van der Waals surface area contributed by atoms with Gasteiger partial charge < -0.3 is 15.1 Å². The molecule has 0 bridgehead atoms. The fourth-order valence-electron chi connectivity index (χ4n) is 3.27. The number of nitrogens with one attached hydrogen (secondary N) is 1. The molecule has 1 aliphatic rings. The minimum absolute atomic E-state index is 0.222. The number of aromatic nitrogens is 1. The highest BCUT2D eigenvalue weighted by atomic mass is 32.2. The van der Waals surface area contributed by atoms with Gasteiger partial charge in [-0.1, -0.05) is 12.1 Å². The molecule has 1 aromatic heterocycles. The number of anilines is 2. The summed E-state index contributed by atoms with van der Waals surface area (Å²) < 4.78 is 23.2. The Morgan fingerprint density at radius 1 is 1.18 bits per heavy atom. The average Bonchev–Trinajstić information content (AvgIpc) is 3.21. The summed E-state index contributed by atoms with van der Waals surface area (Å²) in [6, 6.07) is 9.82. The van der Waals surface area contributed by atoms with E-state index in [2.05, 4.69) is 15.2 Å². The highest BCUT2D eigenvalue weighted by Gasteiger charge is 2.22. The normalized spacial score (nSPS) is 15.3. The van der Waals surface area contributed by atoms with E-state index in [1.54, 1.807) is 42.4 Å². The molecule has 0 saturated carbocycles. The minimum atomic E-state index is -3.24. The van der Waals surface area contributed by atoms with Gasteiger partial charge in [0, 0.05) is 32.6 Å². The average molecular weight is 403 g/mol. The molecule has 1 N–H and O–H groups in total. The second-order valence-corrected chi connectivity index (χ2v) is 9.14. The van der Waals surface area contributed by atoms with Gasteiger partial charge in [0.05, 0.1) is 16.6 Å². The number of benzene rings is 1. The highest BCUT2D eigenvalue weighted by molar-refractivity contribution is 7.90. The molecule has 2 aromatic rings. The molecule has 1 fully saturated rings. The van der Waals surface area contributed by atoms with E-state index in [0.29, 0.717) is 5.69 Å². The van der Waals surface area contributed by atoms with E-state index in [9.17, 15) is 13.2 Å². The van der Waals surface area contributed by atoms with Gasteiger partial charge in [-0.3, -0.25) is 0 Å². The summed E-state index contributed by atoms with van der Waals surface area (Å²) in [5, 5.41) is 2.96. The van der Waals surface area contributed by atoms with Crippen LogP contribution in [0.5, 0.6) is 0 Å². The molecule has 8 heteroatoms. The number of pyridine rings is 1. The molecule has 1 saturated heterocycles. The third kappa shape index (κ3) is 4.44. The molecule has 7 nitrogen and oxygen atoms in total. The lowest BCUT2D eigenvalue weighted by Crippen LogP contribution is -2.34. The third-order valence-corrected chi connectivity index (χ3v) is 6.25. The van der Waals surface area contributed by atoms with Crippen LogP contribution in [-0.4, -0.2) is 50.7 Å². The van der Waals surface area contributed by atoms with E-state index in [4.69, 9.17) is 0 Å². The van der Waals surface area contributed by atoms with Crippen molar-refractivity contribution in [3.63, 3.8) is 0 Å². The first kappa shape index (κ1) is 20.1. The molecule has 2 amide bonds. The van der Waals surface area contributed by atoms with Crippen LogP contribution in [0, 0.1) is 0 Å². The molecule has 0 spiro atoms. The Kier molecular flexibility index (Phi) is 5.88. The van der Waals surface area contributed by atoms with Crippen LogP contribution in [0.3, 0.4) is 0 Å². The number of amides is 2. The van der Waals surface area contributed by atoms with Gasteiger partial charge >= 0.3 is 6.03 Å². The summed E-state index contributed by atoms with van der Waals surface area (Å²) in [7, 11) is -1.52. The molecule has 1 aliphatic heterocycles. The van der Waals surface area contributed by atoms with Crippen molar-refractivity contribution in [3.05, 3.63) is 48.2 Å². The number of sulfone groups is 1. The van der Waals surface area contributed by atoms with Crippen LogP contribution in [0.4, 0.5) is 16.3 Å². The number of nitrogens with zero attached hydrogens (tertiary/aromatic N) is 3. The van der Waals surface area contributed by atoms with Gasteiger partial charge in [-0.15, -0.1) is 0 Å². The number of hydrogen-bond acceptors (Lipinski definition) is 5. The lowest BCUT2D eigenvalue weighted by molar-refractivity contribution is 0.208. The molecule has 1 atom stereocenters. The highest BCUT2D eigenvalue weighted by Crippen LogP contribution is 2.27. The molecule has 0 aliphatic carbocycles. The van der Waals surface area contributed by atoms with Gasteiger partial charge in [0.1, 0.15) is 0 Å². The van der Waals surface area contributed by atoms with Gasteiger partial charge in [0.2, 0.25) is 0 Å². The standard InChI is InChI=1S/C20H26N4O3S/c1-15(16-8-10-17(11-9-16)28(3,26)27)23(2)20(25)22-18-7-6-12-21-19(18)24-13-4-5-14-24/h6-12,15H,4-5,13-14H2,1-3H3,(H,22,25). The van der Waals surface area contributed by atoms with Crippen molar-refractivity contribution in [1.29, 1.82) is 0 Å². The van der Waals surface area contributed by atoms with Crippen molar-refractivity contribution in [2.45, 2.75) is 30.7 Å². The first-order valence-electron chi connectivity index (χ1n) is 9.31. The maximum atomic E-state index is 12.8. The van der Waals surface area contributed by atoms with Crippen LogP contribution in [0.1, 0.15) is 31.4 Å². The molecular formula is C20H26N4O3S. The van der Waals surface area contributed by atoms with Crippen LogP contribution in [0.15, 0.2) is 47.5 Å². The van der Waals surface area contributed by atoms with Crippen LogP contribution in [0.2, 0.25) is 0 Å². The summed E-state index contributed by atoms with van der Waals surface area (Å²) in [5.74, 6) is 0.798. The second-order valence-electron chi connectivity index (χ2n) is 7.13. The zero-order valence-corrected chi connectivity index (χ0v) is 17.2. The van der Waals surface area contributed by atoms with Crippen LogP contribution in [-0.2, 0) is 9.84 Å². The van der Waals surface area contributed by atoms with E-state index >= 15 is 0 Å². The molecule has 3 rings (SSSR count). The summed E-state index contributed by atoms with van der Waals surface area (Å²) in [6.07, 6.45) is 5.17. The first-order valence-corrected chi connectivity index (χ1v) is 11.2. The smallest absolute Gasteiger partial charge is 0.322 e. The summed E-state index contributed by atoms with van der Waals surface area (Å²) in [5.41, 5.74) is 1.55. The van der Waals surface area contributed by atoms with Crippen LogP contribution >= 0.6 is 0 Å². The van der Waals surface area contributed by atoms with Gasteiger partial charge in [-0.25, -0.2) is 18.2 Å².